The molecule has 0 saturated carbocycles. The third-order valence-electron chi connectivity index (χ3n) is 4.05. The largest absolute Gasteiger partial charge is 0.480 e. The number of unbranched alkanes of at least 4 members (excludes halogenated alkanes) is 1. The minimum Gasteiger partial charge on any atom is -0.480 e. The van der Waals surface area contributed by atoms with E-state index in [0.29, 0.717) is 38.8 Å². The quantitative estimate of drug-likeness (QED) is 0.0735. The van der Waals surface area contributed by atoms with Crippen LogP contribution in [0, 0.1) is 0 Å². The fourth-order valence-electron chi connectivity index (χ4n) is 2.38. The summed E-state index contributed by atoms with van der Waals surface area (Å²) in [4.78, 5) is 51.1. The fraction of sp³-hybridized carbons (Fsp3) is 0.706. The molecule has 0 bridgehead atoms. The first-order valence-corrected chi connectivity index (χ1v) is 9.69. The maximum Gasteiger partial charge on any atom is 0.322 e. The van der Waals surface area contributed by atoms with Gasteiger partial charge in [-0.15, -0.1) is 0 Å². The van der Waals surface area contributed by atoms with Crippen molar-refractivity contribution >= 4 is 29.7 Å². The first-order chi connectivity index (χ1) is 14.1. The number of nitrogens with zero attached hydrogens (tertiary/aromatic N) is 1. The molecule has 3 atom stereocenters. The predicted molar refractivity (Wildman–Crippen MR) is 111 cm³/mol. The molecule has 30 heavy (non-hydrogen) atoms. The Morgan fingerprint density at radius 2 is 1.63 bits per heavy atom. The summed E-state index contributed by atoms with van der Waals surface area (Å²) in [6.45, 7) is 1.63. The molecule has 0 aromatic rings. The van der Waals surface area contributed by atoms with Gasteiger partial charge in [-0.05, 0) is 45.6 Å². The summed E-state index contributed by atoms with van der Waals surface area (Å²) in [5, 5.41) is 15.9. The molecular formula is C17H34N8O5. The van der Waals surface area contributed by atoms with E-state index in [9.17, 15) is 19.2 Å². The van der Waals surface area contributed by atoms with Crippen molar-refractivity contribution in [3.05, 3.63) is 0 Å². The van der Waals surface area contributed by atoms with Gasteiger partial charge in [0, 0.05) is 6.54 Å². The summed E-state index contributed by atoms with van der Waals surface area (Å²) in [6.07, 6.45) is 2.28. The Morgan fingerprint density at radius 3 is 2.20 bits per heavy atom. The molecule has 3 unspecified atom stereocenters. The number of guanidine groups is 1. The highest BCUT2D eigenvalue weighted by Gasteiger charge is 2.25. The van der Waals surface area contributed by atoms with Crippen molar-refractivity contribution in [3.63, 3.8) is 0 Å². The van der Waals surface area contributed by atoms with Crippen LogP contribution in [-0.4, -0.2) is 72.5 Å². The monoisotopic (exact) mass is 430 g/mol. The van der Waals surface area contributed by atoms with Gasteiger partial charge in [0.2, 0.25) is 17.7 Å². The second kappa shape index (κ2) is 15.0. The Bertz CT molecular complexity index is 609. The number of hydrogen-bond acceptors (Lipinski definition) is 7. The number of hydrogen-bond donors (Lipinski definition) is 8. The highest BCUT2D eigenvalue weighted by atomic mass is 16.4. The lowest BCUT2D eigenvalue weighted by atomic mass is 10.1. The van der Waals surface area contributed by atoms with Crippen LogP contribution in [0.15, 0.2) is 4.99 Å². The maximum atomic E-state index is 12.4. The molecule has 0 fully saturated rings. The van der Waals surface area contributed by atoms with Gasteiger partial charge in [0.15, 0.2) is 5.96 Å². The SMILES string of the molecule is CC(NC(=O)C(N)CCCN=C(N)N)C(=O)NC(CCCCN)C(=O)NCC(=O)O. The average Bonchev–Trinajstić information content (AvgIpc) is 2.67. The molecule has 0 heterocycles. The molecule has 0 spiro atoms. The zero-order valence-electron chi connectivity index (χ0n) is 17.2. The lowest BCUT2D eigenvalue weighted by Gasteiger charge is -2.22. The molecule has 13 nitrogen and oxygen atoms in total. The lowest BCUT2D eigenvalue weighted by Crippen LogP contribution is -2.55. The summed E-state index contributed by atoms with van der Waals surface area (Å²) in [5.41, 5.74) is 21.7. The molecule has 0 aromatic carbocycles. The molecule has 13 heteroatoms. The normalized spacial score (nSPS) is 13.4. The Kier molecular flexibility index (Phi) is 13.5. The number of amides is 3. The van der Waals surface area contributed by atoms with Crippen LogP contribution in [0.5, 0.6) is 0 Å². The molecular weight excluding hydrogens is 396 g/mol. The summed E-state index contributed by atoms with van der Waals surface area (Å²) < 4.78 is 0. The Morgan fingerprint density at radius 1 is 0.967 bits per heavy atom. The Labute approximate surface area is 175 Å². The van der Waals surface area contributed by atoms with Gasteiger partial charge in [0.25, 0.3) is 0 Å². The van der Waals surface area contributed by atoms with Crippen molar-refractivity contribution in [2.75, 3.05) is 19.6 Å². The number of aliphatic imine (C=N–C) groups is 1. The van der Waals surface area contributed by atoms with Crippen LogP contribution in [0.2, 0.25) is 0 Å². The van der Waals surface area contributed by atoms with Gasteiger partial charge >= 0.3 is 5.97 Å². The second-order valence-electron chi connectivity index (χ2n) is 6.74. The standard InChI is InChI=1S/C17H34N8O5/c1-10(24-15(29)11(19)5-4-8-22-17(20)21)14(28)25-12(6-2-3-7-18)16(30)23-9-13(26)27/h10-12H,2-9,18-19H2,1H3,(H,23,30)(H,24,29)(H,25,28)(H,26,27)(H4,20,21,22). The van der Waals surface area contributed by atoms with E-state index in [1.54, 1.807) is 0 Å². The van der Waals surface area contributed by atoms with Crippen LogP contribution >= 0.6 is 0 Å². The fourth-order valence-corrected chi connectivity index (χ4v) is 2.38. The van der Waals surface area contributed by atoms with Crippen molar-refractivity contribution in [3.8, 4) is 0 Å². The third-order valence-corrected chi connectivity index (χ3v) is 4.05. The number of carboxylic acids is 1. The number of carboxylic acid groups (broad SMARTS) is 1. The first kappa shape index (κ1) is 27.1. The van der Waals surface area contributed by atoms with Crippen LogP contribution in [0.3, 0.4) is 0 Å². The second-order valence-corrected chi connectivity index (χ2v) is 6.74. The van der Waals surface area contributed by atoms with Gasteiger partial charge in [-0.2, -0.15) is 0 Å². The van der Waals surface area contributed by atoms with Crippen molar-refractivity contribution in [1.82, 2.24) is 16.0 Å². The molecule has 0 radical (unpaired) electrons. The van der Waals surface area contributed by atoms with Crippen LogP contribution in [-0.2, 0) is 19.2 Å². The summed E-state index contributed by atoms with van der Waals surface area (Å²) in [5.74, 6) is -3.01. The van der Waals surface area contributed by atoms with E-state index in [0.717, 1.165) is 0 Å². The maximum absolute atomic E-state index is 12.4. The van der Waals surface area contributed by atoms with Crippen molar-refractivity contribution in [2.24, 2.45) is 27.9 Å². The van der Waals surface area contributed by atoms with E-state index in [1.165, 1.54) is 6.92 Å². The van der Waals surface area contributed by atoms with Gasteiger partial charge in [-0.25, -0.2) is 0 Å². The lowest BCUT2D eigenvalue weighted by molar-refractivity contribution is -0.138. The number of carbonyl (C=O) groups excluding carboxylic acids is 3. The number of nitrogens with two attached hydrogens (primary N) is 4. The topological polar surface area (TPSA) is 241 Å². The number of nitrogens with one attached hydrogen (secondary N) is 3. The van der Waals surface area contributed by atoms with Crippen molar-refractivity contribution in [2.45, 2.75) is 57.2 Å². The molecule has 0 aliphatic carbocycles. The highest BCUT2D eigenvalue weighted by Crippen LogP contribution is 2.02. The van der Waals surface area contributed by atoms with Crippen molar-refractivity contribution < 1.29 is 24.3 Å². The number of aliphatic carboxylic acids is 1. The Hall–Kier alpha value is -2.93. The molecule has 0 saturated heterocycles. The Balaban J connectivity index is 4.68. The molecule has 0 aliphatic heterocycles. The molecule has 3 amide bonds. The summed E-state index contributed by atoms with van der Waals surface area (Å²) in [7, 11) is 0. The van der Waals surface area contributed by atoms with E-state index in [4.69, 9.17) is 28.0 Å². The van der Waals surface area contributed by atoms with Gasteiger partial charge in [-0.3, -0.25) is 24.2 Å². The summed E-state index contributed by atoms with van der Waals surface area (Å²) in [6, 6.07) is -2.75. The smallest absolute Gasteiger partial charge is 0.322 e. The van der Waals surface area contributed by atoms with Gasteiger partial charge in [0.1, 0.15) is 18.6 Å². The van der Waals surface area contributed by atoms with E-state index < -0.39 is 48.4 Å². The zero-order chi connectivity index (χ0) is 23.1. The molecule has 172 valence electrons. The van der Waals surface area contributed by atoms with Gasteiger partial charge in [-0.1, -0.05) is 0 Å². The molecule has 12 N–H and O–H groups in total. The van der Waals surface area contributed by atoms with Crippen LogP contribution in [0.4, 0.5) is 0 Å². The summed E-state index contributed by atoms with van der Waals surface area (Å²) >= 11 is 0. The third kappa shape index (κ3) is 12.5. The molecule has 0 rings (SSSR count). The highest BCUT2D eigenvalue weighted by molar-refractivity contribution is 5.93. The first-order valence-electron chi connectivity index (χ1n) is 9.69. The minimum absolute atomic E-state index is 0.0493. The van der Waals surface area contributed by atoms with E-state index in [-0.39, 0.29) is 12.4 Å². The van der Waals surface area contributed by atoms with E-state index in [2.05, 4.69) is 20.9 Å². The average molecular weight is 431 g/mol. The van der Waals surface area contributed by atoms with Gasteiger partial charge in [0.05, 0.1) is 6.04 Å². The van der Waals surface area contributed by atoms with Crippen LogP contribution in [0.1, 0.15) is 39.0 Å². The van der Waals surface area contributed by atoms with E-state index >= 15 is 0 Å². The predicted octanol–water partition coefficient (Wildman–Crippen LogP) is -3.31. The molecule has 0 aliphatic rings. The van der Waals surface area contributed by atoms with Crippen LogP contribution in [0.25, 0.3) is 0 Å². The van der Waals surface area contributed by atoms with E-state index in [1.807, 2.05) is 0 Å². The zero-order valence-corrected chi connectivity index (χ0v) is 17.2. The van der Waals surface area contributed by atoms with Crippen molar-refractivity contribution in [1.29, 1.82) is 0 Å². The van der Waals surface area contributed by atoms with Gasteiger partial charge < -0.3 is 44.0 Å². The minimum atomic E-state index is -1.20. The molecule has 0 aromatic heterocycles. The number of carbonyl (C=O) groups is 4. The number of rotatable bonds is 15. The van der Waals surface area contributed by atoms with Crippen LogP contribution < -0.4 is 38.9 Å².